The van der Waals surface area contributed by atoms with Crippen LogP contribution in [0.3, 0.4) is 0 Å². The largest absolute Gasteiger partial charge is 0.497 e. The molecule has 3 aromatic heterocycles. The van der Waals surface area contributed by atoms with Crippen molar-refractivity contribution in [1.82, 2.24) is 24.7 Å². The lowest BCUT2D eigenvalue weighted by molar-refractivity contribution is 0.414. The summed E-state index contributed by atoms with van der Waals surface area (Å²) in [4.78, 5) is 25.3. The van der Waals surface area contributed by atoms with Crippen molar-refractivity contribution < 1.29 is 4.74 Å². The van der Waals surface area contributed by atoms with Crippen molar-refractivity contribution >= 4 is 22.5 Å². The van der Waals surface area contributed by atoms with Crippen LogP contribution in [0.4, 0.5) is 11.6 Å². The van der Waals surface area contributed by atoms with E-state index in [2.05, 4.69) is 25.4 Å². The van der Waals surface area contributed by atoms with Gasteiger partial charge in [-0.1, -0.05) is 6.07 Å². The normalized spacial score (nSPS) is 10.9. The lowest BCUT2D eigenvalue weighted by Gasteiger charge is -2.09. The van der Waals surface area contributed by atoms with Gasteiger partial charge in [0.25, 0.3) is 5.56 Å². The molecule has 4 aromatic rings. The molecule has 0 unspecified atom stereocenters. The first kappa shape index (κ1) is 16.8. The Kier molecular flexibility index (Phi) is 4.08. The van der Waals surface area contributed by atoms with Crippen LogP contribution in [0.25, 0.3) is 16.6 Å². The second-order valence-electron chi connectivity index (χ2n) is 6.13. The summed E-state index contributed by atoms with van der Waals surface area (Å²) in [6.07, 6.45) is 1.55. The first-order valence-corrected chi connectivity index (χ1v) is 8.38. The zero-order valence-corrected chi connectivity index (χ0v) is 15.1. The molecule has 8 heteroatoms. The molecule has 1 aromatic carbocycles. The predicted molar refractivity (Wildman–Crippen MR) is 103 cm³/mol. The molecule has 8 nitrogen and oxygen atoms in total. The Hall–Kier alpha value is -3.68. The van der Waals surface area contributed by atoms with E-state index in [9.17, 15) is 4.79 Å². The number of nitrogens with zero attached hydrogens (tertiary/aromatic N) is 4. The SMILES string of the molecule is COc1cccc(-n2[nH]c(=O)c3cnc(Nc4cc(C)nc(C)n4)cc32)c1. The number of nitrogens with one attached hydrogen (secondary N) is 2. The Morgan fingerprint density at radius 1 is 1.11 bits per heavy atom. The number of hydrogen-bond acceptors (Lipinski definition) is 6. The Morgan fingerprint density at radius 2 is 1.96 bits per heavy atom. The summed E-state index contributed by atoms with van der Waals surface area (Å²) in [5, 5.41) is 6.51. The van der Waals surface area contributed by atoms with Crippen molar-refractivity contribution in [1.29, 1.82) is 0 Å². The van der Waals surface area contributed by atoms with E-state index in [-0.39, 0.29) is 5.56 Å². The van der Waals surface area contributed by atoms with Crippen LogP contribution in [-0.2, 0) is 0 Å². The number of ether oxygens (including phenoxy) is 1. The van der Waals surface area contributed by atoms with Gasteiger partial charge >= 0.3 is 0 Å². The summed E-state index contributed by atoms with van der Waals surface area (Å²) >= 11 is 0. The van der Waals surface area contributed by atoms with Gasteiger partial charge in [-0.3, -0.25) is 14.6 Å². The summed E-state index contributed by atoms with van der Waals surface area (Å²) in [6.45, 7) is 3.74. The maximum Gasteiger partial charge on any atom is 0.273 e. The molecule has 0 aliphatic rings. The molecular weight excluding hydrogens is 344 g/mol. The minimum atomic E-state index is -0.208. The number of aromatic nitrogens is 5. The monoisotopic (exact) mass is 362 g/mol. The average molecular weight is 362 g/mol. The van der Waals surface area contributed by atoms with Crippen LogP contribution in [0, 0.1) is 13.8 Å². The van der Waals surface area contributed by atoms with E-state index in [1.807, 2.05) is 44.2 Å². The Balaban J connectivity index is 1.80. The number of methoxy groups -OCH3 is 1. The van der Waals surface area contributed by atoms with E-state index in [1.54, 1.807) is 24.1 Å². The maximum absolute atomic E-state index is 12.3. The van der Waals surface area contributed by atoms with Crippen LogP contribution >= 0.6 is 0 Å². The number of pyridine rings is 1. The fraction of sp³-hybridized carbons (Fsp3) is 0.158. The third-order valence-corrected chi connectivity index (χ3v) is 4.11. The quantitative estimate of drug-likeness (QED) is 0.579. The molecule has 0 saturated heterocycles. The fourth-order valence-corrected chi connectivity index (χ4v) is 2.96. The molecule has 0 radical (unpaired) electrons. The van der Waals surface area contributed by atoms with Crippen molar-refractivity contribution in [3.63, 3.8) is 0 Å². The predicted octanol–water partition coefficient (Wildman–Crippen LogP) is 2.87. The van der Waals surface area contributed by atoms with Gasteiger partial charge in [0.05, 0.1) is 23.7 Å². The van der Waals surface area contributed by atoms with Crippen LogP contribution < -0.4 is 15.6 Å². The Bertz CT molecular complexity index is 1170. The molecule has 0 aliphatic carbocycles. The molecule has 0 bridgehead atoms. The number of fused-ring (bicyclic) bond motifs is 1. The summed E-state index contributed by atoms with van der Waals surface area (Å²) in [5.74, 6) is 2.61. The van der Waals surface area contributed by atoms with Gasteiger partial charge in [0.1, 0.15) is 23.2 Å². The number of hydrogen-bond donors (Lipinski definition) is 2. The van der Waals surface area contributed by atoms with Gasteiger partial charge in [-0.15, -0.1) is 0 Å². The second kappa shape index (κ2) is 6.56. The molecule has 4 rings (SSSR count). The number of rotatable bonds is 4. The van der Waals surface area contributed by atoms with Crippen molar-refractivity contribution in [2.24, 2.45) is 0 Å². The van der Waals surface area contributed by atoms with E-state index < -0.39 is 0 Å². The van der Waals surface area contributed by atoms with Gasteiger partial charge < -0.3 is 10.1 Å². The number of aryl methyl sites for hydroxylation is 2. The van der Waals surface area contributed by atoms with E-state index in [4.69, 9.17) is 4.74 Å². The summed E-state index contributed by atoms with van der Waals surface area (Å²) < 4.78 is 6.99. The zero-order valence-electron chi connectivity index (χ0n) is 15.1. The number of anilines is 2. The zero-order chi connectivity index (χ0) is 19.0. The molecule has 0 fully saturated rings. The average Bonchev–Trinajstić information content (AvgIpc) is 2.97. The number of aromatic amines is 1. The van der Waals surface area contributed by atoms with Crippen LogP contribution in [0.15, 0.2) is 47.4 Å². The smallest absolute Gasteiger partial charge is 0.273 e. The second-order valence-corrected chi connectivity index (χ2v) is 6.13. The topological polar surface area (TPSA) is 97.7 Å². The molecular formula is C19H18N6O2. The van der Waals surface area contributed by atoms with Gasteiger partial charge in [0.2, 0.25) is 0 Å². The van der Waals surface area contributed by atoms with Crippen LogP contribution in [0.5, 0.6) is 5.75 Å². The number of H-pyrrole nitrogens is 1. The van der Waals surface area contributed by atoms with Gasteiger partial charge in [0.15, 0.2) is 0 Å². The van der Waals surface area contributed by atoms with Gasteiger partial charge in [0, 0.05) is 30.1 Å². The van der Waals surface area contributed by atoms with Gasteiger partial charge in [-0.25, -0.2) is 15.0 Å². The standard InChI is InChI=1S/C19H18N6O2/c1-11-7-18(22-12(2)21-11)23-17-9-16-15(10-20-17)19(26)24-25(16)13-5-4-6-14(8-13)27-3/h4-10H,1-3H3,(H,24,26)(H,20,21,22,23). The molecule has 0 saturated carbocycles. The fourth-order valence-electron chi connectivity index (χ4n) is 2.96. The molecule has 27 heavy (non-hydrogen) atoms. The van der Waals surface area contributed by atoms with Crippen LogP contribution in [0.1, 0.15) is 11.5 Å². The van der Waals surface area contributed by atoms with Crippen molar-refractivity contribution in [2.75, 3.05) is 12.4 Å². The van der Waals surface area contributed by atoms with E-state index in [0.29, 0.717) is 34.1 Å². The van der Waals surface area contributed by atoms with Crippen molar-refractivity contribution in [3.05, 3.63) is 64.5 Å². The number of benzene rings is 1. The molecule has 3 heterocycles. The molecule has 0 atom stereocenters. The third kappa shape index (κ3) is 3.24. The first-order valence-electron chi connectivity index (χ1n) is 8.38. The molecule has 2 N–H and O–H groups in total. The summed E-state index contributed by atoms with van der Waals surface area (Å²) in [5.41, 5.74) is 2.14. The van der Waals surface area contributed by atoms with Crippen LogP contribution in [0.2, 0.25) is 0 Å². The lowest BCUT2D eigenvalue weighted by Crippen LogP contribution is -2.03. The highest BCUT2D eigenvalue weighted by atomic mass is 16.5. The van der Waals surface area contributed by atoms with Crippen molar-refractivity contribution in [2.45, 2.75) is 13.8 Å². The minimum Gasteiger partial charge on any atom is -0.497 e. The van der Waals surface area contributed by atoms with E-state index in [1.165, 1.54) is 0 Å². The van der Waals surface area contributed by atoms with Crippen LogP contribution in [-0.4, -0.2) is 31.8 Å². The maximum atomic E-state index is 12.3. The molecule has 136 valence electrons. The Labute approximate surface area is 154 Å². The Morgan fingerprint density at radius 3 is 2.74 bits per heavy atom. The van der Waals surface area contributed by atoms with Gasteiger partial charge in [-0.05, 0) is 26.0 Å². The summed E-state index contributed by atoms with van der Waals surface area (Å²) in [7, 11) is 1.60. The van der Waals surface area contributed by atoms with E-state index in [0.717, 1.165) is 11.4 Å². The molecule has 0 aliphatic heterocycles. The highest BCUT2D eigenvalue weighted by Crippen LogP contribution is 2.22. The highest BCUT2D eigenvalue weighted by Gasteiger charge is 2.11. The summed E-state index contributed by atoms with van der Waals surface area (Å²) in [6, 6.07) is 11.1. The first-order chi connectivity index (χ1) is 13.0. The highest BCUT2D eigenvalue weighted by molar-refractivity contribution is 5.82. The lowest BCUT2D eigenvalue weighted by atomic mass is 10.2. The molecule has 0 spiro atoms. The van der Waals surface area contributed by atoms with E-state index >= 15 is 0 Å². The third-order valence-electron chi connectivity index (χ3n) is 4.11. The van der Waals surface area contributed by atoms with Crippen molar-refractivity contribution in [3.8, 4) is 11.4 Å². The van der Waals surface area contributed by atoms with Gasteiger partial charge in [-0.2, -0.15) is 0 Å². The molecule has 0 amide bonds. The minimum absolute atomic E-state index is 0.208.